The normalized spacial score (nSPS) is 29.1. The van der Waals surface area contributed by atoms with E-state index in [1.165, 1.54) is 11.1 Å². The van der Waals surface area contributed by atoms with Gasteiger partial charge in [0.05, 0.1) is 6.61 Å². The number of hydrogen-bond acceptors (Lipinski definition) is 3. The van der Waals surface area contributed by atoms with Gasteiger partial charge < -0.3 is 19.9 Å². The van der Waals surface area contributed by atoms with Crippen molar-refractivity contribution in [3.8, 4) is 5.75 Å². The maximum absolute atomic E-state index is 13.3. The second kappa shape index (κ2) is 6.92. The molecule has 1 saturated carbocycles. The predicted molar refractivity (Wildman–Crippen MR) is 110 cm³/mol. The highest BCUT2D eigenvalue weighted by atomic mass is 16.5. The van der Waals surface area contributed by atoms with Crippen LogP contribution in [-0.2, 0) is 10.2 Å². The van der Waals surface area contributed by atoms with Crippen molar-refractivity contribution in [3.05, 3.63) is 29.3 Å². The van der Waals surface area contributed by atoms with E-state index in [0.717, 1.165) is 57.6 Å². The molecule has 1 aliphatic carbocycles. The molecular formula is C23H31N3O3. The monoisotopic (exact) mass is 397 g/mol. The summed E-state index contributed by atoms with van der Waals surface area (Å²) in [4.78, 5) is 29.3. The molecule has 0 unspecified atom stereocenters. The number of amides is 3. The number of nitrogens with one attached hydrogen (secondary N) is 1. The number of carbonyl (C=O) groups excluding carboxylic acids is 2. The standard InChI is InChI=1S/C23H31N3O3/c1-15(2)16-3-4-20-18(13-16)23(7-12-29-20)14-19(23)21(27)25-9-5-17(6-10-25)26-11-8-24-22(26)28/h3-4,13,15,17,19H,5-12,14H2,1-2H3,(H,24,28)/t19-,23-/m0/s1. The van der Waals surface area contributed by atoms with Crippen LogP contribution in [0.2, 0.25) is 0 Å². The third-order valence-corrected chi connectivity index (χ3v) is 7.49. The van der Waals surface area contributed by atoms with E-state index in [9.17, 15) is 9.59 Å². The molecule has 2 atom stereocenters. The highest BCUT2D eigenvalue weighted by molar-refractivity contribution is 5.85. The molecule has 1 spiro atoms. The number of likely N-dealkylation sites (tertiary alicyclic amines) is 1. The van der Waals surface area contributed by atoms with Gasteiger partial charge in [-0.05, 0) is 43.2 Å². The van der Waals surface area contributed by atoms with Gasteiger partial charge in [0.2, 0.25) is 5.91 Å². The fraction of sp³-hybridized carbons (Fsp3) is 0.652. The third-order valence-electron chi connectivity index (χ3n) is 7.49. The average molecular weight is 398 g/mol. The van der Waals surface area contributed by atoms with Crippen LogP contribution < -0.4 is 10.1 Å². The molecule has 2 saturated heterocycles. The molecule has 3 fully saturated rings. The number of benzene rings is 1. The van der Waals surface area contributed by atoms with Gasteiger partial charge in [0.25, 0.3) is 0 Å². The van der Waals surface area contributed by atoms with Crippen molar-refractivity contribution in [3.63, 3.8) is 0 Å². The Kier molecular flexibility index (Phi) is 4.48. The number of carbonyl (C=O) groups is 2. The van der Waals surface area contributed by atoms with Crippen LogP contribution in [-0.4, -0.2) is 60.6 Å². The molecule has 4 aliphatic rings. The Hall–Kier alpha value is -2.24. The molecule has 1 aromatic rings. The number of fused-ring (bicyclic) bond motifs is 2. The molecule has 0 radical (unpaired) electrons. The summed E-state index contributed by atoms with van der Waals surface area (Å²) >= 11 is 0. The first-order valence-corrected chi connectivity index (χ1v) is 11.1. The molecule has 3 heterocycles. The van der Waals surface area contributed by atoms with E-state index in [2.05, 4.69) is 37.4 Å². The number of rotatable bonds is 3. The molecule has 6 heteroatoms. The molecule has 1 N–H and O–H groups in total. The van der Waals surface area contributed by atoms with Crippen LogP contribution in [0.5, 0.6) is 5.75 Å². The lowest BCUT2D eigenvalue weighted by atomic mass is 9.84. The summed E-state index contributed by atoms with van der Waals surface area (Å²) < 4.78 is 5.92. The summed E-state index contributed by atoms with van der Waals surface area (Å²) in [6.45, 7) is 8.16. The molecule has 3 aliphatic heterocycles. The Labute approximate surface area is 172 Å². The summed E-state index contributed by atoms with van der Waals surface area (Å²) in [5.41, 5.74) is 2.54. The van der Waals surface area contributed by atoms with Crippen LogP contribution in [0.15, 0.2) is 18.2 Å². The zero-order valence-corrected chi connectivity index (χ0v) is 17.4. The van der Waals surface area contributed by atoms with Gasteiger partial charge in [-0.2, -0.15) is 0 Å². The molecule has 1 aromatic carbocycles. The lowest BCUT2D eigenvalue weighted by Gasteiger charge is -2.37. The SMILES string of the molecule is CC(C)c1ccc2c(c1)[C@]1(CCO2)C[C@H]1C(=O)N1CCC(N2CCNC2=O)CC1. The Morgan fingerprint density at radius 1 is 1.24 bits per heavy atom. The van der Waals surface area contributed by atoms with E-state index in [0.29, 0.717) is 18.4 Å². The van der Waals surface area contributed by atoms with Crippen molar-refractivity contribution >= 4 is 11.9 Å². The van der Waals surface area contributed by atoms with E-state index >= 15 is 0 Å². The van der Waals surface area contributed by atoms with Crippen LogP contribution in [0, 0.1) is 5.92 Å². The van der Waals surface area contributed by atoms with Crippen molar-refractivity contribution in [2.75, 3.05) is 32.8 Å². The maximum atomic E-state index is 13.3. The Balaban J connectivity index is 1.28. The molecule has 6 nitrogen and oxygen atoms in total. The van der Waals surface area contributed by atoms with E-state index in [4.69, 9.17) is 4.74 Å². The Bertz CT molecular complexity index is 831. The lowest BCUT2D eigenvalue weighted by Crippen LogP contribution is -2.48. The minimum atomic E-state index is -0.0265. The molecule has 0 bridgehead atoms. The van der Waals surface area contributed by atoms with E-state index in [1.54, 1.807) is 0 Å². The minimum absolute atomic E-state index is 0.0265. The maximum Gasteiger partial charge on any atom is 0.317 e. The van der Waals surface area contributed by atoms with Gasteiger partial charge in [-0.3, -0.25) is 4.79 Å². The zero-order chi connectivity index (χ0) is 20.2. The highest BCUT2D eigenvalue weighted by Crippen LogP contribution is 2.61. The van der Waals surface area contributed by atoms with Gasteiger partial charge in [-0.25, -0.2) is 4.79 Å². The Morgan fingerprint density at radius 3 is 2.72 bits per heavy atom. The van der Waals surface area contributed by atoms with Crippen LogP contribution in [0.4, 0.5) is 4.79 Å². The minimum Gasteiger partial charge on any atom is -0.493 e. The molecular weight excluding hydrogens is 366 g/mol. The molecule has 5 rings (SSSR count). The van der Waals surface area contributed by atoms with E-state index in [1.807, 2.05) is 9.80 Å². The predicted octanol–water partition coefficient (Wildman–Crippen LogP) is 2.87. The Morgan fingerprint density at radius 2 is 2.03 bits per heavy atom. The van der Waals surface area contributed by atoms with Crippen molar-refractivity contribution in [1.29, 1.82) is 0 Å². The lowest BCUT2D eigenvalue weighted by molar-refractivity contribution is -0.134. The second-order valence-corrected chi connectivity index (χ2v) is 9.40. The summed E-state index contributed by atoms with van der Waals surface area (Å²) in [6, 6.07) is 6.85. The molecule has 0 aromatic heterocycles. The van der Waals surface area contributed by atoms with Crippen LogP contribution in [0.1, 0.15) is 56.6 Å². The smallest absolute Gasteiger partial charge is 0.317 e. The van der Waals surface area contributed by atoms with Gasteiger partial charge in [0.1, 0.15) is 5.75 Å². The largest absolute Gasteiger partial charge is 0.493 e. The summed E-state index contributed by atoms with van der Waals surface area (Å²) in [5, 5.41) is 2.88. The first-order chi connectivity index (χ1) is 14.0. The number of nitrogens with zero attached hydrogens (tertiary/aromatic N) is 2. The zero-order valence-electron chi connectivity index (χ0n) is 17.4. The van der Waals surface area contributed by atoms with Crippen molar-refractivity contribution < 1.29 is 14.3 Å². The van der Waals surface area contributed by atoms with E-state index in [-0.39, 0.29) is 23.4 Å². The third kappa shape index (κ3) is 3.08. The van der Waals surface area contributed by atoms with Gasteiger partial charge in [0, 0.05) is 49.1 Å². The summed E-state index contributed by atoms with van der Waals surface area (Å²) in [6.07, 6.45) is 3.65. The van der Waals surface area contributed by atoms with Gasteiger partial charge in [-0.1, -0.05) is 26.0 Å². The van der Waals surface area contributed by atoms with Crippen molar-refractivity contribution in [2.45, 2.75) is 56.9 Å². The quantitative estimate of drug-likeness (QED) is 0.853. The molecule has 156 valence electrons. The molecule has 3 amide bonds. The van der Waals surface area contributed by atoms with Gasteiger partial charge >= 0.3 is 6.03 Å². The second-order valence-electron chi connectivity index (χ2n) is 9.40. The van der Waals surface area contributed by atoms with E-state index < -0.39 is 0 Å². The fourth-order valence-electron chi connectivity index (χ4n) is 5.56. The summed E-state index contributed by atoms with van der Waals surface area (Å²) in [7, 11) is 0. The molecule has 29 heavy (non-hydrogen) atoms. The van der Waals surface area contributed by atoms with Crippen molar-refractivity contribution in [2.24, 2.45) is 5.92 Å². The van der Waals surface area contributed by atoms with Gasteiger partial charge in [0.15, 0.2) is 0 Å². The van der Waals surface area contributed by atoms with Crippen LogP contribution in [0.25, 0.3) is 0 Å². The first-order valence-electron chi connectivity index (χ1n) is 11.1. The fourth-order valence-corrected chi connectivity index (χ4v) is 5.56. The topological polar surface area (TPSA) is 61.9 Å². The number of urea groups is 1. The van der Waals surface area contributed by atoms with Crippen LogP contribution >= 0.6 is 0 Å². The van der Waals surface area contributed by atoms with Crippen LogP contribution in [0.3, 0.4) is 0 Å². The number of ether oxygens (including phenoxy) is 1. The van der Waals surface area contributed by atoms with Gasteiger partial charge in [-0.15, -0.1) is 0 Å². The van der Waals surface area contributed by atoms with Crippen molar-refractivity contribution in [1.82, 2.24) is 15.1 Å². The number of hydrogen-bond donors (Lipinski definition) is 1. The highest BCUT2D eigenvalue weighted by Gasteiger charge is 2.62. The summed E-state index contributed by atoms with van der Waals surface area (Å²) in [5.74, 6) is 1.82. The number of piperidine rings is 1. The first kappa shape index (κ1) is 18.8. The average Bonchev–Trinajstić information content (AvgIpc) is 3.28.